The fourth-order valence-corrected chi connectivity index (χ4v) is 7.57. The average Bonchev–Trinajstić information content (AvgIpc) is 3.39. The lowest BCUT2D eigenvalue weighted by atomic mass is 10.0. The first-order chi connectivity index (χ1) is 25.2. The molecule has 2 aromatic carbocycles. The number of hydrogen-bond donors (Lipinski definition) is 3. The lowest BCUT2D eigenvalue weighted by Gasteiger charge is -2.30. The lowest BCUT2D eigenvalue weighted by molar-refractivity contribution is -0.142. The van der Waals surface area contributed by atoms with Gasteiger partial charge in [-0.15, -0.1) is 0 Å². The molecule has 15 heteroatoms. The van der Waals surface area contributed by atoms with E-state index in [2.05, 4.69) is 16.1 Å². The number of nitrogens with zero attached hydrogens (tertiary/aromatic N) is 2. The molecule has 3 N–H and O–H groups in total. The molecule has 3 aliphatic heterocycles. The SMILES string of the molecule is CC(C)(C)OC(=O)N[C@H]1CCCCCCC[C@H]2C[C@@]2(C(=O)NOc2ccc(Cl)cc2)NC(=O)[C@@H]2C[C@@H](OC(=O)N3Cc4cccc(F)c4C3)CN2C1=O. The summed E-state index contributed by atoms with van der Waals surface area (Å²) < 4.78 is 25.8. The van der Waals surface area contributed by atoms with Gasteiger partial charge in [0.25, 0.3) is 5.91 Å². The van der Waals surface area contributed by atoms with Crippen molar-refractivity contribution in [3.05, 3.63) is 64.4 Å². The number of hydroxylamine groups is 1. The number of nitrogens with one attached hydrogen (secondary N) is 3. The van der Waals surface area contributed by atoms with Crippen LogP contribution in [0.15, 0.2) is 42.5 Å². The molecule has 5 amide bonds. The topological polar surface area (TPSA) is 156 Å². The smallest absolute Gasteiger partial charge is 0.410 e. The number of hydrogen-bond acceptors (Lipinski definition) is 8. The molecular weight excluding hydrogens is 709 g/mol. The van der Waals surface area contributed by atoms with Gasteiger partial charge in [0.1, 0.15) is 35.1 Å². The zero-order chi connectivity index (χ0) is 37.9. The maximum Gasteiger partial charge on any atom is 0.410 e. The summed E-state index contributed by atoms with van der Waals surface area (Å²) in [7, 11) is 0. The third kappa shape index (κ3) is 9.14. The number of rotatable bonds is 5. The number of fused-ring (bicyclic) bond motifs is 3. The van der Waals surface area contributed by atoms with Crippen molar-refractivity contribution in [3.8, 4) is 5.75 Å². The maximum atomic E-state index is 14.4. The number of carbonyl (C=O) groups excluding carboxylic acids is 5. The fourth-order valence-electron chi connectivity index (χ4n) is 7.45. The van der Waals surface area contributed by atoms with Crippen LogP contribution in [0, 0.1) is 11.7 Å². The largest absolute Gasteiger partial charge is 0.444 e. The Morgan fingerprint density at radius 1 is 0.981 bits per heavy atom. The van der Waals surface area contributed by atoms with Gasteiger partial charge in [-0.25, -0.2) is 14.0 Å². The molecule has 2 saturated heterocycles. The highest BCUT2D eigenvalue weighted by Crippen LogP contribution is 2.47. The first-order valence-corrected chi connectivity index (χ1v) is 18.7. The van der Waals surface area contributed by atoms with Crippen LogP contribution in [0.1, 0.15) is 89.7 Å². The van der Waals surface area contributed by atoms with Crippen molar-refractivity contribution < 1.29 is 42.7 Å². The molecule has 0 spiro atoms. The predicted octanol–water partition coefficient (Wildman–Crippen LogP) is 5.52. The molecule has 2 aromatic rings. The summed E-state index contributed by atoms with van der Waals surface area (Å²) in [5.41, 5.74) is 1.48. The van der Waals surface area contributed by atoms with Crippen LogP contribution in [0.25, 0.3) is 0 Å². The fraction of sp³-hybridized carbons (Fsp3) is 0.553. The third-order valence-electron chi connectivity index (χ3n) is 10.3. The van der Waals surface area contributed by atoms with Gasteiger partial charge < -0.3 is 29.8 Å². The Bertz CT molecular complexity index is 1720. The second kappa shape index (κ2) is 15.8. The number of ether oxygens (including phenoxy) is 2. The van der Waals surface area contributed by atoms with Gasteiger partial charge in [0.05, 0.1) is 13.1 Å². The molecule has 6 rings (SSSR count). The first-order valence-electron chi connectivity index (χ1n) is 18.3. The van der Waals surface area contributed by atoms with Gasteiger partial charge in [0.15, 0.2) is 5.75 Å². The standard InChI is InChI=1S/C38H47ClFN5O8/c1-37(2,3)52-35(49)41-30-13-8-6-4-5-7-11-24-19-38(24,34(48)43-53-26-16-14-25(39)15-17-26)42-32(46)31-18-27(21-45(31)33(30)47)51-36(50)44-20-23-10-9-12-29(40)28(23)22-44/h9-10,12,14-17,24,27,30-31H,4-8,11,13,18-22H2,1-3H3,(H,41,49)(H,42,46)(H,43,48)/t24-,27+,30-,31-,38+/m0/s1. The van der Waals surface area contributed by atoms with Gasteiger partial charge in [-0.05, 0) is 81.8 Å². The zero-order valence-electron chi connectivity index (χ0n) is 30.3. The van der Waals surface area contributed by atoms with Crippen molar-refractivity contribution in [2.75, 3.05) is 6.54 Å². The molecule has 286 valence electrons. The van der Waals surface area contributed by atoms with Gasteiger partial charge in [-0.2, -0.15) is 5.48 Å². The van der Waals surface area contributed by atoms with Crippen LogP contribution < -0.4 is 21.0 Å². The van der Waals surface area contributed by atoms with Crippen LogP contribution in [-0.2, 0) is 36.9 Å². The van der Waals surface area contributed by atoms with E-state index in [9.17, 15) is 28.4 Å². The molecule has 1 saturated carbocycles. The van der Waals surface area contributed by atoms with E-state index >= 15 is 0 Å². The predicted molar refractivity (Wildman–Crippen MR) is 191 cm³/mol. The monoisotopic (exact) mass is 755 g/mol. The Morgan fingerprint density at radius 3 is 2.42 bits per heavy atom. The normalized spacial score (nSPS) is 26.1. The van der Waals surface area contributed by atoms with E-state index in [1.54, 1.807) is 57.2 Å². The van der Waals surface area contributed by atoms with E-state index < -0.39 is 65.1 Å². The second-order valence-electron chi connectivity index (χ2n) is 15.4. The van der Waals surface area contributed by atoms with E-state index in [0.29, 0.717) is 47.6 Å². The molecular formula is C38H47ClFN5O8. The van der Waals surface area contributed by atoms with Crippen molar-refractivity contribution in [2.45, 2.75) is 121 Å². The molecule has 0 unspecified atom stereocenters. The Labute approximate surface area is 313 Å². The summed E-state index contributed by atoms with van der Waals surface area (Å²) in [6.07, 6.45) is 3.03. The summed E-state index contributed by atoms with van der Waals surface area (Å²) in [6.45, 7) is 5.20. The van der Waals surface area contributed by atoms with E-state index in [-0.39, 0.29) is 32.0 Å². The van der Waals surface area contributed by atoms with Gasteiger partial charge in [-0.1, -0.05) is 55.8 Å². The molecule has 5 atom stereocenters. The summed E-state index contributed by atoms with van der Waals surface area (Å²) in [5.74, 6) is -1.88. The summed E-state index contributed by atoms with van der Waals surface area (Å²) >= 11 is 5.98. The van der Waals surface area contributed by atoms with Crippen molar-refractivity contribution in [2.24, 2.45) is 5.92 Å². The van der Waals surface area contributed by atoms with Crippen LogP contribution in [-0.4, -0.2) is 75.6 Å². The van der Waals surface area contributed by atoms with Crippen molar-refractivity contribution in [3.63, 3.8) is 0 Å². The van der Waals surface area contributed by atoms with E-state index in [1.165, 1.54) is 15.9 Å². The molecule has 0 radical (unpaired) electrons. The zero-order valence-corrected chi connectivity index (χ0v) is 31.0. The molecule has 1 aliphatic carbocycles. The minimum atomic E-state index is -1.28. The summed E-state index contributed by atoms with van der Waals surface area (Å²) in [4.78, 5) is 76.9. The van der Waals surface area contributed by atoms with Crippen molar-refractivity contribution >= 4 is 41.5 Å². The highest BCUT2D eigenvalue weighted by molar-refractivity contribution is 6.30. The highest BCUT2D eigenvalue weighted by atomic mass is 35.5. The maximum absolute atomic E-state index is 14.4. The van der Waals surface area contributed by atoms with E-state index in [1.807, 2.05) is 0 Å². The Kier molecular flexibility index (Phi) is 11.4. The molecule has 0 aromatic heterocycles. The van der Waals surface area contributed by atoms with Crippen LogP contribution in [0.3, 0.4) is 0 Å². The number of alkyl carbamates (subject to hydrolysis) is 1. The molecule has 3 heterocycles. The van der Waals surface area contributed by atoms with Gasteiger partial charge >= 0.3 is 12.2 Å². The second-order valence-corrected chi connectivity index (χ2v) is 15.8. The molecule has 4 aliphatic rings. The highest BCUT2D eigenvalue weighted by Gasteiger charge is 2.62. The van der Waals surface area contributed by atoms with Crippen molar-refractivity contribution in [1.82, 2.24) is 25.9 Å². The van der Waals surface area contributed by atoms with Crippen LogP contribution >= 0.6 is 11.6 Å². The molecule has 53 heavy (non-hydrogen) atoms. The first kappa shape index (κ1) is 38.1. The van der Waals surface area contributed by atoms with Crippen LogP contribution in [0.2, 0.25) is 5.02 Å². The van der Waals surface area contributed by atoms with E-state index in [0.717, 1.165) is 25.7 Å². The minimum absolute atomic E-state index is 0.0269. The molecule has 13 nitrogen and oxygen atoms in total. The Morgan fingerprint density at radius 2 is 1.70 bits per heavy atom. The molecule has 3 fully saturated rings. The van der Waals surface area contributed by atoms with Gasteiger partial charge in [0, 0.05) is 23.6 Å². The summed E-state index contributed by atoms with van der Waals surface area (Å²) in [5, 5.41) is 6.17. The molecule has 0 bridgehead atoms. The quantitative estimate of drug-likeness (QED) is 0.337. The van der Waals surface area contributed by atoms with Gasteiger partial charge in [0.2, 0.25) is 11.8 Å². The summed E-state index contributed by atoms with van der Waals surface area (Å²) in [6, 6.07) is 8.95. The van der Waals surface area contributed by atoms with Gasteiger partial charge in [-0.3, -0.25) is 19.3 Å². The Balaban J connectivity index is 1.23. The van der Waals surface area contributed by atoms with Crippen LogP contribution in [0.5, 0.6) is 5.75 Å². The average molecular weight is 756 g/mol. The number of benzene rings is 2. The number of carbonyl (C=O) groups is 5. The number of halogens is 2. The van der Waals surface area contributed by atoms with E-state index in [4.69, 9.17) is 25.9 Å². The lowest BCUT2D eigenvalue weighted by Crippen LogP contribution is -2.58. The number of amides is 5. The Hall–Kier alpha value is -4.59. The minimum Gasteiger partial charge on any atom is -0.444 e. The van der Waals surface area contributed by atoms with Crippen molar-refractivity contribution in [1.29, 1.82) is 0 Å². The van der Waals surface area contributed by atoms with Crippen LogP contribution in [0.4, 0.5) is 14.0 Å². The third-order valence-corrected chi connectivity index (χ3v) is 10.5.